The maximum atomic E-state index is 12.3. The molecule has 0 saturated heterocycles. The normalized spacial score (nSPS) is 11.3. The van der Waals surface area contributed by atoms with E-state index in [2.05, 4.69) is 10.5 Å². The minimum absolute atomic E-state index is 0.0393. The van der Waals surface area contributed by atoms with Crippen LogP contribution in [0.3, 0.4) is 0 Å². The SMILES string of the molecule is N/C(=N/O)c1ccc(C(=O)Nc2ccc3sc(C(=O)NO)cc3c2)cc1. The highest BCUT2D eigenvalue weighted by atomic mass is 32.1. The Bertz CT molecular complexity index is 1010. The van der Waals surface area contributed by atoms with Crippen molar-refractivity contribution in [2.45, 2.75) is 0 Å². The highest BCUT2D eigenvalue weighted by Gasteiger charge is 2.11. The second kappa shape index (κ2) is 7.21. The van der Waals surface area contributed by atoms with Crippen LogP contribution in [-0.2, 0) is 0 Å². The van der Waals surface area contributed by atoms with E-state index in [1.165, 1.54) is 11.3 Å². The molecule has 0 atom stereocenters. The lowest BCUT2D eigenvalue weighted by Crippen LogP contribution is -2.16. The van der Waals surface area contributed by atoms with Gasteiger partial charge in [-0.05, 0) is 41.8 Å². The molecule has 1 heterocycles. The zero-order valence-corrected chi connectivity index (χ0v) is 14.1. The Labute approximate surface area is 151 Å². The summed E-state index contributed by atoms with van der Waals surface area (Å²) >= 11 is 1.23. The fourth-order valence-electron chi connectivity index (χ4n) is 2.34. The van der Waals surface area contributed by atoms with Crippen LogP contribution in [0.15, 0.2) is 53.7 Å². The number of nitrogens with two attached hydrogens (primary N) is 1. The monoisotopic (exact) mass is 370 g/mol. The minimum Gasteiger partial charge on any atom is -0.409 e. The summed E-state index contributed by atoms with van der Waals surface area (Å²) in [5.74, 6) is -0.941. The molecule has 6 N–H and O–H groups in total. The molecular weight excluding hydrogens is 356 g/mol. The van der Waals surface area contributed by atoms with E-state index in [1.54, 1.807) is 54.0 Å². The van der Waals surface area contributed by atoms with Gasteiger partial charge in [0.2, 0.25) is 0 Å². The van der Waals surface area contributed by atoms with Crippen molar-refractivity contribution in [2.75, 3.05) is 5.32 Å². The molecule has 2 aromatic carbocycles. The third-order valence-corrected chi connectivity index (χ3v) is 4.76. The number of nitrogens with zero attached hydrogens (tertiary/aromatic N) is 1. The fraction of sp³-hybridized carbons (Fsp3) is 0. The molecule has 132 valence electrons. The number of carbonyl (C=O) groups excluding carboxylic acids is 2. The molecule has 0 aliphatic carbocycles. The largest absolute Gasteiger partial charge is 0.409 e. The van der Waals surface area contributed by atoms with Gasteiger partial charge in [-0.15, -0.1) is 11.3 Å². The quantitative estimate of drug-likeness (QED) is 0.158. The summed E-state index contributed by atoms with van der Waals surface area (Å²) in [6.45, 7) is 0. The van der Waals surface area contributed by atoms with Crippen LogP contribution in [-0.4, -0.2) is 28.1 Å². The summed E-state index contributed by atoms with van der Waals surface area (Å²) in [6, 6.07) is 13.2. The summed E-state index contributed by atoms with van der Waals surface area (Å²) < 4.78 is 0.852. The minimum atomic E-state index is -0.581. The van der Waals surface area contributed by atoms with Gasteiger partial charge in [-0.25, -0.2) is 5.48 Å². The van der Waals surface area contributed by atoms with Gasteiger partial charge in [0, 0.05) is 21.5 Å². The fourth-order valence-corrected chi connectivity index (χ4v) is 3.27. The molecule has 0 unspecified atom stereocenters. The Hall–Kier alpha value is -3.43. The first-order valence-electron chi connectivity index (χ1n) is 7.39. The van der Waals surface area contributed by atoms with Crippen molar-refractivity contribution in [3.63, 3.8) is 0 Å². The van der Waals surface area contributed by atoms with Crippen molar-refractivity contribution >= 4 is 44.8 Å². The van der Waals surface area contributed by atoms with Crippen LogP contribution in [0.4, 0.5) is 5.69 Å². The van der Waals surface area contributed by atoms with Crippen LogP contribution in [0.1, 0.15) is 25.6 Å². The second-order valence-electron chi connectivity index (χ2n) is 5.32. The third-order valence-electron chi connectivity index (χ3n) is 3.65. The lowest BCUT2D eigenvalue weighted by Gasteiger charge is -2.06. The first-order valence-corrected chi connectivity index (χ1v) is 8.21. The molecule has 2 amide bonds. The van der Waals surface area contributed by atoms with Crippen LogP contribution < -0.4 is 16.5 Å². The van der Waals surface area contributed by atoms with Crippen molar-refractivity contribution in [2.24, 2.45) is 10.9 Å². The molecule has 9 heteroatoms. The maximum Gasteiger partial charge on any atom is 0.284 e. The van der Waals surface area contributed by atoms with Gasteiger partial charge in [0.25, 0.3) is 11.8 Å². The number of carbonyl (C=O) groups is 2. The topological polar surface area (TPSA) is 137 Å². The molecule has 3 aromatic rings. The van der Waals surface area contributed by atoms with Crippen molar-refractivity contribution in [1.29, 1.82) is 0 Å². The molecule has 0 fully saturated rings. The number of thiophene rings is 1. The Morgan fingerprint density at radius 1 is 1.00 bits per heavy atom. The second-order valence-corrected chi connectivity index (χ2v) is 6.40. The number of nitrogens with one attached hydrogen (secondary N) is 2. The van der Waals surface area contributed by atoms with E-state index in [0.29, 0.717) is 21.7 Å². The van der Waals surface area contributed by atoms with Gasteiger partial charge in [0.05, 0.1) is 4.88 Å². The van der Waals surface area contributed by atoms with Crippen molar-refractivity contribution < 1.29 is 20.0 Å². The predicted octanol–water partition coefficient (Wildman–Crippen LogP) is 2.37. The summed E-state index contributed by atoms with van der Waals surface area (Å²) in [7, 11) is 0. The molecule has 0 aliphatic heterocycles. The number of hydrogen-bond donors (Lipinski definition) is 5. The molecule has 1 aromatic heterocycles. The lowest BCUT2D eigenvalue weighted by atomic mass is 10.1. The molecular formula is C17H14N4O4S. The highest BCUT2D eigenvalue weighted by molar-refractivity contribution is 7.20. The first kappa shape index (κ1) is 17.4. The number of hydrogen-bond acceptors (Lipinski definition) is 6. The average molecular weight is 370 g/mol. The maximum absolute atomic E-state index is 12.3. The number of hydroxylamine groups is 1. The molecule has 3 rings (SSSR count). The van der Waals surface area contributed by atoms with Gasteiger partial charge < -0.3 is 16.3 Å². The summed E-state index contributed by atoms with van der Waals surface area (Å²) in [5.41, 5.74) is 8.56. The first-order chi connectivity index (χ1) is 12.5. The van der Waals surface area contributed by atoms with E-state index in [0.717, 1.165) is 10.1 Å². The molecule has 0 aliphatic rings. The third kappa shape index (κ3) is 3.48. The summed E-state index contributed by atoms with van der Waals surface area (Å²) in [6.07, 6.45) is 0. The number of benzene rings is 2. The molecule has 0 bridgehead atoms. The highest BCUT2D eigenvalue weighted by Crippen LogP contribution is 2.28. The molecule has 0 radical (unpaired) electrons. The van der Waals surface area contributed by atoms with E-state index in [-0.39, 0.29) is 11.7 Å². The van der Waals surface area contributed by atoms with Crippen molar-refractivity contribution in [1.82, 2.24) is 5.48 Å². The average Bonchev–Trinajstić information content (AvgIpc) is 3.10. The molecule has 8 nitrogen and oxygen atoms in total. The van der Waals surface area contributed by atoms with Crippen LogP contribution in [0, 0.1) is 0 Å². The smallest absolute Gasteiger partial charge is 0.284 e. The van der Waals surface area contributed by atoms with Crippen molar-refractivity contribution in [3.8, 4) is 0 Å². The van der Waals surface area contributed by atoms with E-state index in [1.807, 2.05) is 0 Å². The standard InChI is InChI=1S/C17H14N4O4S/c18-15(20-24)9-1-3-10(4-2-9)16(22)19-12-5-6-13-11(7-12)8-14(26-13)17(23)21-25/h1-8,24-25H,(H2,18,20)(H,19,22)(H,21,23). The summed E-state index contributed by atoms with van der Waals surface area (Å²) in [4.78, 5) is 24.2. The number of fused-ring (bicyclic) bond motifs is 1. The van der Waals surface area contributed by atoms with Crippen LogP contribution in [0.2, 0.25) is 0 Å². The van der Waals surface area contributed by atoms with E-state index >= 15 is 0 Å². The van der Waals surface area contributed by atoms with Crippen LogP contribution in [0.25, 0.3) is 10.1 Å². The van der Waals surface area contributed by atoms with Gasteiger partial charge in [-0.3, -0.25) is 14.8 Å². The Morgan fingerprint density at radius 2 is 1.69 bits per heavy atom. The summed E-state index contributed by atoms with van der Waals surface area (Å²) in [5, 5.41) is 23.8. The zero-order valence-electron chi connectivity index (χ0n) is 13.3. The van der Waals surface area contributed by atoms with Crippen LogP contribution >= 0.6 is 11.3 Å². The number of oxime groups is 1. The van der Waals surface area contributed by atoms with E-state index in [4.69, 9.17) is 16.1 Å². The van der Waals surface area contributed by atoms with Crippen LogP contribution in [0.5, 0.6) is 0 Å². The zero-order chi connectivity index (χ0) is 18.7. The number of anilines is 1. The van der Waals surface area contributed by atoms with Gasteiger partial charge in [-0.2, -0.15) is 0 Å². The Kier molecular flexibility index (Phi) is 4.83. The Balaban J connectivity index is 1.79. The van der Waals surface area contributed by atoms with Crippen molar-refractivity contribution in [3.05, 3.63) is 64.5 Å². The van der Waals surface area contributed by atoms with Gasteiger partial charge in [-0.1, -0.05) is 17.3 Å². The van der Waals surface area contributed by atoms with Gasteiger partial charge >= 0.3 is 0 Å². The molecule has 0 spiro atoms. The molecule has 0 saturated carbocycles. The molecule has 26 heavy (non-hydrogen) atoms. The van der Waals surface area contributed by atoms with Gasteiger partial charge in [0.1, 0.15) is 0 Å². The number of rotatable bonds is 4. The lowest BCUT2D eigenvalue weighted by molar-refractivity contribution is 0.0711. The predicted molar refractivity (Wildman–Crippen MR) is 98.0 cm³/mol. The van der Waals surface area contributed by atoms with E-state index in [9.17, 15) is 9.59 Å². The van der Waals surface area contributed by atoms with Gasteiger partial charge in [0.15, 0.2) is 5.84 Å². The Morgan fingerprint density at radius 3 is 2.35 bits per heavy atom. The number of amidine groups is 1. The van der Waals surface area contributed by atoms with E-state index < -0.39 is 5.91 Å². The number of amides is 2.